The van der Waals surface area contributed by atoms with Crippen LogP contribution in [0.1, 0.15) is 5.56 Å². The van der Waals surface area contributed by atoms with E-state index in [-0.39, 0.29) is 36.0 Å². The molecule has 12 heteroatoms. The molecule has 0 saturated carbocycles. The van der Waals surface area contributed by atoms with E-state index >= 15 is 0 Å². The third-order valence-corrected chi connectivity index (χ3v) is 7.17. The molecule has 0 aromatic heterocycles. The molecule has 0 saturated heterocycles. The second kappa shape index (κ2) is 8.84. The van der Waals surface area contributed by atoms with Crippen LogP contribution in [0.15, 0.2) is 72.5 Å². The lowest BCUT2D eigenvalue weighted by Gasteiger charge is -2.38. The maximum Gasteiger partial charge on any atom is 0.416 e. The van der Waals surface area contributed by atoms with Crippen LogP contribution in [0, 0.1) is 0 Å². The standard InChI is InChI=1S/C21H19F6N2O3S/c22-20(23,24)14-33(30,31)29(11-2-1-5-17(29)13-28)16-7-9-18(10-8-16)32-19-6-3-4-15(12-19)21(25,26)27/h1-10,12H,11,13-14,28H2/q+1. The Morgan fingerprint density at radius 3 is 2.21 bits per heavy atom. The number of alkyl halides is 6. The first-order chi connectivity index (χ1) is 15.3. The molecule has 0 spiro atoms. The molecule has 2 aromatic carbocycles. The summed E-state index contributed by atoms with van der Waals surface area (Å²) in [6, 6.07) is 9.17. The Morgan fingerprint density at radius 1 is 0.970 bits per heavy atom. The lowest BCUT2D eigenvalue weighted by atomic mass is 10.2. The third-order valence-electron chi connectivity index (χ3n) is 4.93. The Kier molecular flexibility index (Phi) is 6.65. The van der Waals surface area contributed by atoms with Crippen molar-refractivity contribution in [1.29, 1.82) is 0 Å². The first-order valence-corrected chi connectivity index (χ1v) is 11.1. The summed E-state index contributed by atoms with van der Waals surface area (Å²) in [7, 11) is -4.86. The number of nitrogens with zero attached hydrogens (tertiary/aromatic N) is 1. The van der Waals surface area contributed by atoms with Gasteiger partial charge in [0, 0.05) is 12.1 Å². The monoisotopic (exact) mass is 493 g/mol. The minimum absolute atomic E-state index is 0.0170. The fourth-order valence-corrected chi connectivity index (χ4v) is 5.39. The summed E-state index contributed by atoms with van der Waals surface area (Å²) < 4.78 is 108. The summed E-state index contributed by atoms with van der Waals surface area (Å²) in [4.78, 5) is 0. The number of allylic oxidation sites excluding steroid dienone is 2. The first-order valence-electron chi connectivity index (χ1n) is 9.48. The van der Waals surface area contributed by atoms with Gasteiger partial charge in [0.25, 0.3) is 0 Å². The van der Waals surface area contributed by atoms with E-state index in [1.165, 1.54) is 48.6 Å². The van der Waals surface area contributed by atoms with Gasteiger partial charge in [-0.25, -0.2) is 0 Å². The smallest absolute Gasteiger partial charge is 0.416 e. The number of sulfonamides is 1. The van der Waals surface area contributed by atoms with Crippen molar-refractivity contribution in [2.75, 3.05) is 18.8 Å². The van der Waals surface area contributed by atoms with Gasteiger partial charge in [-0.2, -0.15) is 38.6 Å². The molecule has 3 rings (SSSR count). The van der Waals surface area contributed by atoms with E-state index in [9.17, 15) is 34.8 Å². The molecule has 0 amide bonds. The van der Waals surface area contributed by atoms with Gasteiger partial charge in [0.05, 0.1) is 12.1 Å². The second-order valence-corrected chi connectivity index (χ2v) is 9.25. The Bertz CT molecular complexity index is 1170. The Labute approximate surface area is 186 Å². The number of benzene rings is 2. The number of nitrogens with two attached hydrogens (primary N) is 1. The molecule has 0 fully saturated rings. The molecular weight excluding hydrogens is 474 g/mol. The molecule has 0 bridgehead atoms. The topological polar surface area (TPSA) is 69.4 Å². The highest BCUT2D eigenvalue weighted by atomic mass is 32.2. The summed E-state index contributed by atoms with van der Waals surface area (Å²) in [5.74, 6) is -2.11. The van der Waals surface area contributed by atoms with Gasteiger partial charge < -0.3 is 10.5 Å². The van der Waals surface area contributed by atoms with Crippen LogP contribution in [0.3, 0.4) is 0 Å². The third kappa shape index (κ3) is 5.23. The average Bonchev–Trinajstić information content (AvgIpc) is 2.72. The number of halogens is 6. The van der Waals surface area contributed by atoms with Crippen LogP contribution in [-0.2, 0) is 16.2 Å². The summed E-state index contributed by atoms with van der Waals surface area (Å²) in [5, 5.41) is 0. The van der Waals surface area contributed by atoms with Gasteiger partial charge in [0.1, 0.15) is 23.7 Å². The maximum absolute atomic E-state index is 13.1. The molecule has 1 aliphatic heterocycles. The van der Waals surface area contributed by atoms with Crippen molar-refractivity contribution in [2.45, 2.75) is 12.4 Å². The lowest BCUT2D eigenvalue weighted by molar-refractivity contribution is -0.137. The second-order valence-electron chi connectivity index (χ2n) is 7.18. The molecule has 2 N–H and O–H groups in total. The largest absolute Gasteiger partial charge is 0.457 e. The molecule has 178 valence electrons. The highest BCUT2D eigenvalue weighted by Crippen LogP contribution is 2.39. The average molecular weight is 493 g/mol. The highest BCUT2D eigenvalue weighted by Gasteiger charge is 2.52. The molecule has 1 atom stereocenters. The van der Waals surface area contributed by atoms with Gasteiger partial charge in [-0.05, 0) is 42.5 Å². The predicted molar refractivity (Wildman–Crippen MR) is 111 cm³/mol. The van der Waals surface area contributed by atoms with Crippen LogP contribution in [-0.4, -0.2) is 33.4 Å². The molecule has 2 aromatic rings. The number of hydrogen-bond acceptors (Lipinski definition) is 4. The van der Waals surface area contributed by atoms with Crippen LogP contribution in [0.5, 0.6) is 11.5 Å². The first kappa shape index (κ1) is 24.8. The molecule has 1 unspecified atom stereocenters. The van der Waals surface area contributed by atoms with E-state index in [0.29, 0.717) is 0 Å². The minimum Gasteiger partial charge on any atom is -0.457 e. The van der Waals surface area contributed by atoms with Crippen molar-refractivity contribution in [3.8, 4) is 11.5 Å². The Hall–Kier alpha value is -2.83. The van der Waals surface area contributed by atoms with E-state index in [2.05, 4.69) is 0 Å². The van der Waals surface area contributed by atoms with Crippen molar-refractivity contribution in [3.63, 3.8) is 0 Å². The zero-order valence-electron chi connectivity index (χ0n) is 16.9. The molecule has 1 heterocycles. The van der Waals surface area contributed by atoms with E-state index in [1.54, 1.807) is 0 Å². The van der Waals surface area contributed by atoms with Crippen LogP contribution >= 0.6 is 0 Å². The Balaban J connectivity index is 1.99. The predicted octanol–water partition coefficient (Wildman–Crippen LogP) is 5.11. The van der Waals surface area contributed by atoms with Crippen molar-refractivity contribution in [3.05, 3.63) is 78.0 Å². The summed E-state index contributed by atoms with van der Waals surface area (Å²) in [6.45, 7) is -0.626. The fraction of sp³-hybridized carbons (Fsp3) is 0.238. The summed E-state index contributed by atoms with van der Waals surface area (Å²) in [5.41, 5.74) is 4.78. The van der Waals surface area contributed by atoms with E-state index in [4.69, 9.17) is 10.5 Å². The number of hydrogen-bond donors (Lipinski definition) is 1. The highest BCUT2D eigenvalue weighted by molar-refractivity contribution is 7.91. The van der Waals surface area contributed by atoms with Crippen LogP contribution in [0.4, 0.5) is 32.0 Å². The van der Waals surface area contributed by atoms with E-state index in [1.807, 2.05) is 0 Å². The number of quaternary nitrogens is 1. The van der Waals surface area contributed by atoms with Crippen LogP contribution in [0.25, 0.3) is 0 Å². The summed E-state index contributed by atoms with van der Waals surface area (Å²) in [6.07, 6.45) is -5.27. The maximum atomic E-state index is 13.1. The van der Waals surface area contributed by atoms with Crippen molar-refractivity contribution in [1.82, 2.24) is 3.89 Å². The normalized spacial score (nSPS) is 19.3. The Morgan fingerprint density at radius 2 is 1.64 bits per heavy atom. The van der Waals surface area contributed by atoms with E-state index < -0.39 is 37.6 Å². The summed E-state index contributed by atoms with van der Waals surface area (Å²) >= 11 is 0. The van der Waals surface area contributed by atoms with Gasteiger partial charge in [0.15, 0.2) is 11.4 Å². The molecule has 0 aliphatic carbocycles. The van der Waals surface area contributed by atoms with Crippen LogP contribution in [0.2, 0.25) is 0 Å². The van der Waals surface area contributed by atoms with Gasteiger partial charge in [-0.3, -0.25) is 0 Å². The van der Waals surface area contributed by atoms with E-state index in [0.717, 1.165) is 18.2 Å². The lowest BCUT2D eigenvalue weighted by Crippen LogP contribution is -2.58. The molecule has 33 heavy (non-hydrogen) atoms. The quantitative estimate of drug-likeness (QED) is 0.449. The molecule has 5 nitrogen and oxygen atoms in total. The molecular formula is C21H19F6N2O3S+. The number of ether oxygens (including phenoxy) is 1. The SMILES string of the molecule is NCC1=CC=CC[N+]1(c1ccc(Oc2cccc(C(F)(F)F)c2)cc1)S(=O)(=O)CC(F)(F)F. The number of rotatable bonds is 6. The van der Waals surface area contributed by atoms with Crippen molar-refractivity contribution in [2.24, 2.45) is 5.73 Å². The molecule has 1 aliphatic rings. The minimum atomic E-state index is -4.97. The van der Waals surface area contributed by atoms with Crippen LogP contribution < -0.4 is 14.4 Å². The van der Waals surface area contributed by atoms with Crippen molar-refractivity contribution < 1.29 is 39.5 Å². The van der Waals surface area contributed by atoms with Gasteiger partial charge in [0.2, 0.25) is 0 Å². The van der Waals surface area contributed by atoms with Gasteiger partial charge in [-0.15, -0.1) is 0 Å². The van der Waals surface area contributed by atoms with Gasteiger partial charge >= 0.3 is 22.4 Å². The zero-order valence-corrected chi connectivity index (χ0v) is 17.7. The fourth-order valence-electron chi connectivity index (χ4n) is 3.51. The van der Waals surface area contributed by atoms with Crippen molar-refractivity contribution >= 4 is 15.7 Å². The zero-order chi connectivity index (χ0) is 24.5. The van der Waals surface area contributed by atoms with Gasteiger partial charge in [-0.1, -0.05) is 12.1 Å². The molecule has 0 radical (unpaired) electrons.